The minimum absolute atomic E-state index is 0.175. The second-order valence-electron chi connectivity index (χ2n) is 10.1. The summed E-state index contributed by atoms with van der Waals surface area (Å²) in [6.07, 6.45) is 8.88. The van der Waals surface area contributed by atoms with Gasteiger partial charge in [-0.3, -0.25) is 9.98 Å². The third-order valence-corrected chi connectivity index (χ3v) is 6.81. The van der Waals surface area contributed by atoms with Crippen LogP contribution in [0.1, 0.15) is 62.5 Å². The maximum absolute atomic E-state index is 12.2. The number of anilines is 2. The number of benzene rings is 2. The SMILES string of the molecule is O=C(NCCCCCCCCCCNC(=O)Nc1cccc(C2=NCCN2)c1)Nc1cccc(C2=NCCN2)c1. The van der Waals surface area contributed by atoms with Crippen LogP contribution in [0.5, 0.6) is 0 Å². The Morgan fingerprint density at radius 1 is 0.625 bits per heavy atom. The fraction of sp³-hybridized carbons (Fsp3) is 0.467. The molecule has 2 heterocycles. The predicted octanol–water partition coefficient (Wildman–Crippen LogP) is 4.45. The van der Waals surface area contributed by atoms with Crippen molar-refractivity contribution in [3.8, 4) is 0 Å². The van der Waals surface area contributed by atoms with Crippen molar-refractivity contribution in [1.82, 2.24) is 21.3 Å². The average Bonchev–Trinajstić information content (AvgIpc) is 3.69. The molecular formula is C30H42N8O2. The van der Waals surface area contributed by atoms with Crippen LogP contribution in [-0.4, -0.2) is 63.0 Å². The molecule has 0 radical (unpaired) electrons. The van der Waals surface area contributed by atoms with Crippen molar-refractivity contribution in [2.24, 2.45) is 9.98 Å². The van der Waals surface area contributed by atoms with E-state index >= 15 is 0 Å². The molecule has 0 saturated carbocycles. The van der Waals surface area contributed by atoms with E-state index in [0.717, 1.165) is 86.0 Å². The van der Waals surface area contributed by atoms with Crippen LogP contribution in [0.15, 0.2) is 58.5 Å². The van der Waals surface area contributed by atoms with Crippen molar-refractivity contribution in [2.45, 2.75) is 51.4 Å². The van der Waals surface area contributed by atoms with E-state index in [-0.39, 0.29) is 12.1 Å². The van der Waals surface area contributed by atoms with Gasteiger partial charge in [-0.2, -0.15) is 0 Å². The molecule has 2 aromatic rings. The summed E-state index contributed by atoms with van der Waals surface area (Å²) in [6.45, 7) is 4.64. The highest BCUT2D eigenvalue weighted by atomic mass is 16.2. The van der Waals surface area contributed by atoms with Crippen LogP contribution in [0.4, 0.5) is 21.0 Å². The molecule has 214 valence electrons. The molecule has 10 heteroatoms. The van der Waals surface area contributed by atoms with Crippen LogP contribution in [-0.2, 0) is 0 Å². The van der Waals surface area contributed by atoms with E-state index in [4.69, 9.17) is 0 Å². The minimum atomic E-state index is -0.175. The van der Waals surface area contributed by atoms with Gasteiger partial charge in [0, 0.05) is 48.7 Å². The first-order valence-corrected chi connectivity index (χ1v) is 14.5. The van der Waals surface area contributed by atoms with E-state index in [1.54, 1.807) is 0 Å². The van der Waals surface area contributed by atoms with Crippen LogP contribution in [0.3, 0.4) is 0 Å². The number of aliphatic imine (C=N–C) groups is 2. The van der Waals surface area contributed by atoms with Gasteiger partial charge in [-0.25, -0.2) is 9.59 Å². The van der Waals surface area contributed by atoms with Gasteiger partial charge in [-0.05, 0) is 37.1 Å². The number of amides is 4. The lowest BCUT2D eigenvalue weighted by Gasteiger charge is -2.10. The molecule has 2 aliphatic rings. The number of unbranched alkanes of at least 4 members (excludes halogenated alkanes) is 7. The summed E-state index contributed by atoms with van der Waals surface area (Å²) < 4.78 is 0. The predicted molar refractivity (Wildman–Crippen MR) is 163 cm³/mol. The number of hydrogen-bond acceptors (Lipinski definition) is 6. The van der Waals surface area contributed by atoms with Crippen molar-refractivity contribution < 1.29 is 9.59 Å². The molecule has 0 aromatic heterocycles. The highest BCUT2D eigenvalue weighted by Gasteiger charge is 2.10. The molecule has 2 aromatic carbocycles. The number of urea groups is 2. The van der Waals surface area contributed by atoms with Crippen LogP contribution in [0.25, 0.3) is 0 Å². The Morgan fingerprint density at radius 3 is 1.45 bits per heavy atom. The highest BCUT2D eigenvalue weighted by molar-refractivity contribution is 6.02. The van der Waals surface area contributed by atoms with E-state index in [1.807, 2.05) is 48.5 Å². The van der Waals surface area contributed by atoms with Gasteiger partial charge in [0.25, 0.3) is 0 Å². The van der Waals surface area contributed by atoms with Gasteiger partial charge < -0.3 is 31.9 Å². The van der Waals surface area contributed by atoms with Crippen molar-refractivity contribution in [2.75, 3.05) is 49.9 Å². The Kier molecular flexibility index (Phi) is 11.7. The summed E-state index contributed by atoms with van der Waals surface area (Å²) in [7, 11) is 0. The largest absolute Gasteiger partial charge is 0.368 e. The Bertz CT molecular complexity index is 1090. The first-order valence-electron chi connectivity index (χ1n) is 14.5. The van der Waals surface area contributed by atoms with Gasteiger partial charge in [0.15, 0.2) is 0 Å². The molecule has 0 aliphatic carbocycles. The molecular weight excluding hydrogens is 504 g/mol. The number of nitrogens with zero attached hydrogens (tertiary/aromatic N) is 2. The monoisotopic (exact) mass is 546 g/mol. The minimum Gasteiger partial charge on any atom is -0.368 e. The van der Waals surface area contributed by atoms with E-state index in [9.17, 15) is 9.59 Å². The molecule has 0 spiro atoms. The quantitative estimate of drug-likeness (QED) is 0.184. The molecule has 0 fully saturated rings. The Morgan fingerprint density at radius 2 is 1.05 bits per heavy atom. The van der Waals surface area contributed by atoms with Gasteiger partial charge in [-0.1, -0.05) is 62.8 Å². The Balaban J connectivity index is 0.954. The van der Waals surface area contributed by atoms with Crippen molar-refractivity contribution in [1.29, 1.82) is 0 Å². The van der Waals surface area contributed by atoms with Crippen LogP contribution >= 0.6 is 0 Å². The molecule has 0 atom stereocenters. The maximum Gasteiger partial charge on any atom is 0.319 e. The zero-order valence-corrected chi connectivity index (χ0v) is 23.2. The number of carbonyl (C=O) groups is 2. The first-order chi connectivity index (χ1) is 19.7. The van der Waals surface area contributed by atoms with Gasteiger partial charge in [0.2, 0.25) is 0 Å². The second-order valence-corrected chi connectivity index (χ2v) is 10.1. The molecule has 2 aliphatic heterocycles. The molecule has 10 nitrogen and oxygen atoms in total. The van der Waals surface area contributed by atoms with Crippen LogP contribution < -0.4 is 31.9 Å². The zero-order valence-electron chi connectivity index (χ0n) is 23.2. The molecule has 40 heavy (non-hydrogen) atoms. The van der Waals surface area contributed by atoms with Crippen molar-refractivity contribution in [3.63, 3.8) is 0 Å². The summed E-state index contributed by atoms with van der Waals surface area (Å²) in [5.74, 6) is 1.77. The van der Waals surface area contributed by atoms with Crippen LogP contribution in [0.2, 0.25) is 0 Å². The lowest BCUT2D eigenvalue weighted by molar-refractivity contribution is 0.251. The molecule has 4 rings (SSSR count). The lowest BCUT2D eigenvalue weighted by Crippen LogP contribution is -2.29. The Hall–Kier alpha value is -4.08. The number of hydrogen-bond donors (Lipinski definition) is 6. The lowest BCUT2D eigenvalue weighted by atomic mass is 10.1. The summed E-state index contributed by atoms with van der Waals surface area (Å²) in [4.78, 5) is 33.2. The third kappa shape index (κ3) is 9.91. The third-order valence-electron chi connectivity index (χ3n) is 6.81. The van der Waals surface area contributed by atoms with Crippen LogP contribution in [0, 0.1) is 0 Å². The fourth-order valence-corrected chi connectivity index (χ4v) is 4.74. The number of carbonyl (C=O) groups excluding carboxylic acids is 2. The topological polar surface area (TPSA) is 131 Å². The van der Waals surface area contributed by atoms with Crippen molar-refractivity contribution >= 4 is 35.1 Å². The summed E-state index contributed by atoms with van der Waals surface area (Å²) in [6, 6.07) is 15.1. The molecule has 4 amide bonds. The standard InChI is InChI=1S/C30H42N8O2/c39-29(37-25-13-9-11-23(21-25)27-31-17-18-32-27)35-15-7-5-3-1-2-4-6-8-16-36-30(40)38-26-14-10-12-24(22-26)28-33-19-20-34-28/h9-14,21-22H,1-8,15-20H2,(H,31,32)(H,33,34)(H2,35,37,39)(H2,36,38,40). The normalized spacial score (nSPS) is 14.0. The van der Waals surface area contributed by atoms with Crippen molar-refractivity contribution in [3.05, 3.63) is 59.7 Å². The van der Waals surface area contributed by atoms with Gasteiger partial charge in [0.1, 0.15) is 11.7 Å². The summed E-state index contributed by atoms with van der Waals surface area (Å²) >= 11 is 0. The molecule has 0 saturated heterocycles. The number of nitrogens with one attached hydrogen (secondary N) is 6. The van der Waals surface area contributed by atoms with Gasteiger partial charge in [-0.15, -0.1) is 0 Å². The highest BCUT2D eigenvalue weighted by Crippen LogP contribution is 2.14. The average molecular weight is 547 g/mol. The Labute approximate surface area is 236 Å². The van der Waals surface area contributed by atoms with Gasteiger partial charge in [0.05, 0.1) is 13.1 Å². The summed E-state index contributed by atoms with van der Waals surface area (Å²) in [5.41, 5.74) is 3.50. The van der Waals surface area contributed by atoms with E-state index < -0.39 is 0 Å². The summed E-state index contributed by atoms with van der Waals surface area (Å²) in [5, 5.41) is 18.2. The molecule has 0 unspecified atom stereocenters. The van der Waals surface area contributed by atoms with E-state index in [1.165, 1.54) is 25.7 Å². The van der Waals surface area contributed by atoms with Gasteiger partial charge >= 0.3 is 12.1 Å². The zero-order chi connectivity index (χ0) is 27.8. The number of amidine groups is 2. The maximum atomic E-state index is 12.2. The molecule has 6 N–H and O–H groups in total. The van der Waals surface area contributed by atoms with E-state index in [2.05, 4.69) is 41.9 Å². The van der Waals surface area contributed by atoms with E-state index in [0.29, 0.717) is 13.1 Å². The number of rotatable bonds is 15. The second kappa shape index (κ2) is 16.1. The molecule has 0 bridgehead atoms. The fourth-order valence-electron chi connectivity index (χ4n) is 4.74. The smallest absolute Gasteiger partial charge is 0.319 e. The first kappa shape index (κ1) is 28.9.